The van der Waals surface area contributed by atoms with Gasteiger partial charge in [0.05, 0.1) is 6.61 Å². The van der Waals surface area contributed by atoms with Crippen LogP contribution in [0.5, 0.6) is 0 Å². The average molecular weight is 295 g/mol. The predicted molar refractivity (Wildman–Crippen MR) is 83.9 cm³/mol. The van der Waals surface area contributed by atoms with Gasteiger partial charge in [-0.2, -0.15) is 0 Å². The third-order valence-corrected chi connectivity index (χ3v) is 3.30. The van der Waals surface area contributed by atoms with Crippen molar-refractivity contribution in [2.24, 2.45) is 0 Å². The second-order valence-electron chi connectivity index (χ2n) is 5.32. The molecule has 1 aromatic carbocycles. The Kier molecular flexibility index (Phi) is 7.80. The van der Waals surface area contributed by atoms with Gasteiger partial charge in [-0.15, -0.1) is 0 Å². The summed E-state index contributed by atoms with van der Waals surface area (Å²) >= 11 is 0. The molecule has 0 heterocycles. The van der Waals surface area contributed by atoms with Crippen molar-refractivity contribution in [3.63, 3.8) is 0 Å². The molecular weight excluding hydrogens is 269 g/mol. The van der Waals surface area contributed by atoms with Crippen molar-refractivity contribution in [2.75, 3.05) is 11.9 Å². The highest BCUT2D eigenvalue weighted by Crippen LogP contribution is 2.17. The van der Waals surface area contributed by atoms with Crippen LogP contribution in [0.2, 0.25) is 0 Å². The molecule has 4 heteroatoms. The van der Waals surface area contributed by atoms with Crippen molar-refractivity contribution in [1.82, 2.24) is 0 Å². The third kappa shape index (κ3) is 6.61. The maximum absolute atomic E-state index is 13.4. The molecule has 0 bridgehead atoms. The van der Waals surface area contributed by atoms with Crippen LogP contribution in [0.15, 0.2) is 18.2 Å². The maximum atomic E-state index is 13.4. The number of carbonyl (C=O) groups excluding carboxylic acids is 1. The lowest BCUT2D eigenvalue weighted by Gasteiger charge is -2.18. The van der Waals surface area contributed by atoms with Gasteiger partial charge in [0.15, 0.2) is 0 Å². The number of aryl methyl sites for hydroxylation is 1. The molecule has 21 heavy (non-hydrogen) atoms. The van der Waals surface area contributed by atoms with Gasteiger partial charge in [0, 0.05) is 5.69 Å². The molecule has 3 nitrogen and oxygen atoms in total. The molecule has 0 aliphatic heterocycles. The quantitative estimate of drug-likeness (QED) is 0.540. The Balaban J connectivity index is 2.68. The van der Waals surface area contributed by atoms with Crippen molar-refractivity contribution in [2.45, 2.75) is 58.9 Å². The van der Waals surface area contributed by atoms with E-state index in [9.17, 15) is 9.18 Å². The van der Waals surface area contributed by atoms with E-state index in [1.54, 1.807) is 6.92 Å². The number of unbranched alkanes of at least 4 members (excludes halogenated alkanes) is 3. The molecule has 0 radical (unpaired) electrons. The summed E-state index contributed by atoms with van der Waals surface area (Å²) in [6.07, 6.45) is 5.07. The van der Waals surface area contributed by atoms with Gasteiger partial charge in [-0.05, 0) is 44.0 Å². The zero-order valence-electron chi connectivity index (χ0n) is 13.2. The van der Waals surface area contributed by atoms with Crippen molar-refractivity contribution in [3.05, 3.63) is 29.6 Å². The first-order chi connectivity index (χ1) is 10.1. The van der Waals surface area contributed by atoms with Gasteiger partial charge in [-0.1, -0.05) is 32.6 Å². The van der Waals surface area contributed by atoms with E-state index in [4.69, 9.17) is 4.74 Å². The van der Waals surface area contributed by atoms with E-state index in [-0.39, 0.29) is 11.8 Å². The molecule has 0 aliphatic carbocycles. The highest BCUT2D eigenvalue weighted by molar-refractivity contribution is 5.79. The molecule has 0 fully saturated rings. The van der Waals surface area contributed by atoms with Crippen LogP contribution in [0, 0.1) is 12.7 Å². The zero-order valence-corrected chi connectivity index (χ0v) is 13.2. The predicted octanol–water partition coefficient (Wildman–Crippen LogP) is 4.45. The fraction of sp³-hybridized carbons (Fsp3) is 0.588. The topological polar surface area (TPSA) is 38.3 Å². The molecule has 0 saturated carbocycles. The van der Waals surface area contributed by atoms with Gasteiger partial charge < -0.3 is 10.1 Å². The van der Waals surface area contributed by atoms with Crippen molar-refractivity contribution in [3.8, 4) is 0 Å². The van der Waals surface area contributed by atoms with Crippen LogP contribution in [0.3, 0.4) is 0 Å². The fourth-order valence-electron chi connectivity index (χ4n) is 2.29. The number of hydrogen-bond donors (Lipinski definition) is 1. The summed E-state index contributed by atoms with van der Waals surface area (Å²) in [5, 5.41) is 3.11. The van der Waals surface area contributed by atoms with Gasteiger partial charge in [-0.25, -0.2) is 9.18 Å². The Morgan fingerprint density at radius 2 is 2.00 bits per heavy atom. The van der Waals surface area contributed by atoms with Gasteiger partial charge in [0.2, 0.25) is 0 Å². The summed E-state index contributed by atoms with van der Waals surface area (Å²) in [4.78, 5) is 12.0. The molecule has 0 saturated heterocycles. The Labute approximate surface area is 126 Å². The summed E-state index contributed by atoms with van der Waals surface area (Å²) in [6, 6.07) is 4.29. The first kappa shape index (κ1) is 17.5. The standard InChI is InChI=1S/C17H26FNO2/c1-4-6-7-8-9-16(17(20)21-5-2)19-15-11-13(3)10-14(18)12-15/h10-12,16,19H,4-9H2,1-3H3. The van der Waals surface area contributed by atoms with Crippen LogP contribution in [0.4, 0.5) is 10.1 Å². The number of halogens is 1. The van der Waals surface area contributed by atoms with E-state index in [1.807, 2.05) is 13.0 Å². The van der Waals surface area contributed by atoms with E-state index >= 15 is 0 Å². The molecule has 1 N–H and O–H groups in total. The zero-order chi connectivity index (χ0) is 15.7. The number of ether oxygens (including phenoxy) is 1. The summed E-state index contributed by atoms with van der Waals surface area (Å²) in [7, 11) is 0. The van der Waals surface area contributed by atoms with Crippen molar-refractivity contribution < 1.29 is 13.9 Å². The third-order valence-electron chi connectivity index (χ3n) is 3.30. The maximum Gasteiger partial charge on any atom is 0.328 e. The first-order valence-corrected chi connectivity index (χ1v) is 7.77. The van der Waals surface area contributed by atoms with E-state index < -0.39 is 6.04 Å². The van der Waals surface area contributed by atoms with Crippen LogP contribution in [0.25, 0.3) is 0 Å². The molecule has 0 spiro atoms. The highest BCUT2D eigenvalue weighted by Gasteiger charge is 2.19. The number of anilines is 1. The molecule has 0 amide bonds. The number of rotatable bonds is 9. The summed E-state index contributed by atoms with van der Waals surface area (Å²) < 4.78 is 18.5. The normalized spacial score (nSPS) is 12.0. The number of esters is 1. The minimum atomic E-state index is -0.414. The highest BCUT2D eigenvalue weighted by atomic mass is 19.1. The SMILES string of the molecule is CCCCCCC(Nc1cc(C)cc(F)c1)C(=O)OCC. The largest absolute Gasteiger partial charge is 0.464 e. The fourth-order valence-corrected chi connectivity index (χ4v) is 2.29. The van der Waals surface area contributed by atoms with Gasteiger partial charge in [0.25, 0.3) is 0 Å². The van der Waals surface area contributed by atoms with E-state index in [2.05, 4.69) is 12.2 Å². The van der Waals surface area contributed by atoms with Crippen LogP contribution in [-0.2, 0) is 9.53 Å². The lowest BCUT2D eigenvalue weighted by atomic mass is 10.1. The molecule has 118 valence electrons. The number of hydrogen-bond acceptors (Lipinski definition) is 3. The Morgan fingerprint density at radius 3 is 2.62 bits per heavy atom. The smallest absolute Gasteiger partial charge is 0.328 e. The summed E-state index contributed by atoms with van der Waals surface area (Å²) in [6.45, 7) is 6.12. The van der Waals surface area contributed by atoms with Crippen molar-refractivity contribution >= 4 is 11.7 Å². The van der Waals surface area contributed by atoms with E-state index in [1.165, 1.54) is 12.1 Å². The minimum absolute atomic E-state index is 0.268. The summed E-state index contributed by atoms with van der Waals surface area (Å²) in [5.74, 6) is -0.568. The molecule has 1 rings (SSSR count). The second-order valence-corrected chi connectivity index (χ2v) is 5.32. The lowest BCUT2D eigenvalue weighted by Crippen LogP contribution is -2.31. The van der Waals surface area contributed by atoms with Crippen LogP contribution in [0.1, 0.15) is 51.5 Å². The van der Waals surface area contributed by atoms with Gasteiger partial charge in [-0.3, -0.25) is 0 Å². The number of nitrogens with one attached hydrogen (secondary N) is 1. The first-order valence-electron chi connectivity index (χ1n) is 7.77. The van der Waals surface area contributed by atoms with Crippen LogP contribution >= 0.6 is 0 Å². The molecule has 1 aromatic rings. The molecule has 1 unspecified atom stereocenters. The van der Waals surface area contributed by atoms with E-state index in [0.717, 1.165) is 31.2 Å². The molecule has 1 atom stereocenters. The van der Waals surface area contributed by atoms with Crippen LogP contribution < -0.4 is 5.32 Å². The van der Waals surface area contributed by atoms with Gasteiger partial charge >= 0.3 is 5.97 Å². The van der Waals surface area contributed by atoms with Crippen molar-refractivity contribution in [1.29, 1.82) is 0 Å². The van der Waals surface area contributed by atoms with Crippen LogP contribution in [-0.4, -0.2) is 18.6 Å². The van der Waals surface area contributed by atoms with Gasteiger partial charge in [0.1, 0.15) is 11.9 Å². The lowest BCUT2D eigenvalue weighted by molar-refractivity contribution is -0.144. The molecule has 0 aliphatic rings. The monoisotopic (exact) mass is 295 g/mol. The second kappa shape index (κ2) is 9.37. The Hall–Kier alpha value is -1.58. The number of carbonyl (C=O) groups is 1. The Morgan fingerprint density at radius 1 is 1.24 bits per heavy atom. The molecule has 0 aromatic heterocycles. The van der Waals surface area contributed by atoms with E-state index in [0.29, 0.717) is 18.7 Å². The molecular formula is C17H26FNO2. The average Bonchev–Trinajstić information content (AvgIpc) is 2.41. The minimum Gasteiger partial charge on any atom is -0.464 e. The Bertz CT molecular complexity index is 428. The number of benzene rings is 1. The summed E-state index contributed by atoms with van der Waals surface area (Å²) in [5.41, 5.74) is 1.45.